The number of benzene rings is 1. The molecular formula is C13H12N2O2. The molecule has 1 aliphatic carbocycles. The maximum Gasteiger partial charge on any atom is 0.314 e. The van der Waals surface area contributed by atoms with Crippen molar-refractivity contribution in [1.29, 1.82) is 0 Å². The van der Waals surface area contributed by atoms with Gasteiger partial charge in [0.1, 0.15) is 0 Å². The highest BCUT2D eigenvalue weighted by Crippen LogP contribution is 2.44. The number of hydrogen-bond acceptors (Lipinski definition) is 3. The summed E-state index contributed by atoms with van der Waals surface area (Å²) in [6, 6.07) is 5.75. The van der Waals surface area contributed by atoms with Gasteiger partial charge in [0.05, 0.1) is 17.8 Å². The molecule has 2 aromatic rings. The summed E-state index contributed by atoms with van der Waals surface area (Å²) in [5.74, 6) is -0.717. The molecule has 0 unspecified atom stereocenters. The Balaban J connectivity index is 2.14. The van der Waals surface area contributed by atoms with E-state index in [0.717, 1.165) is 35.6 Å². The maximum absolute atomic E-state index is 11.4. The lowest BCUT2D eigenvalue weighted by Gasteiger charge is -2.38. The second-order valence-corrected chi connectivity index (χ2v) is 4.57. The van der Waals surface area contributed by atoms with Gasteiger partial charge in [-0.05, 0) is 24.5 Å². The molecule has 0 saturated heterocycles. The number of carboxylic acid groups (broad SMARTS) is 1. The van der Waals surface area contributed by atoms with Crippen molar-refractivity contribution in [2.75, 3.05) is 0 Å². The molecular weight excluding hydrogens is 216 g/mol. The summed E-state index contributed by atoms with van der Waals surface area (Å²) in [5, 5.41) is 19.0. The summed E-state index contributed by atoms with van der Waals surface area (Å²) in [5.41, 5.74) is 0.217. The second kappa shape index (κ2) is 3.52. The number of aliphatic carboxylic acids is 1. The molecule has 1 heterocycles. The highest BCUT2D eigenvalue weighted by molar-refractivity contribution is 5.87. The number of carboxylic acids is 1. The lowest BCUT2D eigenvalue weighted by Crippen LogP contribution is -2.42. The van der Waals surface area contributed by atoms with E-state index in [1.165, 1.54) is 0 Å². The van der Waals surface area contributed by atoms with Gasteiger partial charge in [-0.1, -0.05) is 18.6 Å². The van der Waals surface area contributed by atoms with Gasteiger partial charge in [0.25, 0.3) is 0 Å². The van der Waals surface area contributed by atoms with Crippen molar-refractivity contribution in [1.82, 2.24) is 10.2 Å². The average Bonchev–Trinajstić information content (AvgIpc) is 2.27. The fraction of sp³-hybridized carbons (Fsp3) is 0.308. The highest BCUT2D eigenvalue weighted by atomic mass is 16.4. The van der Waals surface area contributed by atoms with Crippen molar-refractivity contribution >= 4 is 16.7 Å². The van der Waals surface area contributed by atoms with E-state index in [1.807, 2.05) is 18.2 Å². The van der Waals surface area contributed by atoms with Crippen LogP contribution in [0.4, 0.5) is 0 Å². The van der Waals surface area contributed by atoms with E-state index < -0.39 is 11.4 Å². The predicted octanol–water partition coefficient (Wildman–Crippen LogP) is 2.14. The van der Waals surface area contributed by atoms with Crippen LogP contribution in [0.3, 0.4) is 0 Å². The van der Waals surface area contributed by atoms with Crippen LogP contribution < -0.4 is 0 Å². The molecule has 1 saturated carbocycles. The number of hydrogen-bond donors (Lipinski definition) is 1. The average molecular weight is 228 g/mol. The van der Waals surface area contributed by atoms with Crippen molar-refractivity contribution in [3.05, 3.63) is 36.2 Å². The lowest BCUT2D eigenvalue weighted by atomic mass is 9.64. The number of rotatable bonds is 2. The summed E-state index contributed by atoms with van der Waals surface area (Å²) in [6.07, 6.45) is 5.80. The molecule has 1 aromatic heterocycles. The van der Waals surface area contributed by atoms with Crippen molar-refractivity contribution in [3.8, 4) is 0 Å². The van der Waals surface area contributed by atoms with Crippen molar-refractivity contribution < 1.29 is 9.90 Å². The van der Waals surface area contributed by atoms with E-state index >= 15 is 0 Å². The van der Waals surface area contributed by atoms with Crippen LogP contribution in [0.5, 0.6) is 0 Å². The summed E-state index contributed by atoms with van der Waals surface area (Å²) in [4.78, 5) is 11.4. The minimum atomic E-state index is -0.717. The number of carbonyl (C=O) groups is 1. The maximum atomic E-state index is 11.4. The first-order valence-electron chi connectivity index (χ1n) is 5.67. The van der Waals surface area contributed by atoms with Crippen molar-refractivity contribution in [2.45, 2.75) is 24.7 Å². The Labute approximate surface area is 98.3 Å². The van der Waals surface area contributed by atoms with Gasteiger partial charge in [-0.3, -0.25) is 4.79 Å². The van der Waals surface area contributed by atoms with Gasteiger partial charge in [-0.25, -0.2) is 0 Å². The van der Waals surface area contributed by atoms with E-state index in [-0.39, 0.29) is 0 Å². The zero-order valence-corrected chi connectivity index (χ0v) is 9.26. The second-order valence-electron chi connectivity index (χ2n) is 4.57. The molecule has 3 rings (SSSR count). The minimum absolute atomic E-state index is 0.669. The standard InChI is InChI=1S/C13H12N2O2/c16-12(17)13(4-1-5-13)11-3-2-9-7-14-15-8-10(9)6-11/h2-3,6-8H,1,4-5H2,(H,16,17). The van der Waals surface area contributed by atoms with Gasteiger partial charge >= 0.3 is 5.97 Å². The molecule has 4 heteroatoms. The van der Waals surface area contributed by atoms with Gasteiger partial charge in [-0.2, -0.15) is 10.2 Å². The SMILES string of the molecule is O=C(O)C1(c2ccc3cnncc3c2)CCC1. The molecule has 4 nitrogen and oxygen atoms in total. The van der Waals surface area contributed by atoms with Crippen LogP contribution in [0.1, 0.15) is 24.8 Å². The highest BCUT2D eigenvalue weighted by Gasteiger charge is 2.45. The Morgan fingerprint density at radius 1 is 1.18 bits per heavy atom. The first-order chi connectivity index (χ1) is 8.22. The molecule has 0 radical (unpaired) electrons. The van der Waals surface area contributed by atoms with Gasteiger partial charge in [0, 0.05) is 10.8 Å². The third-order valence-corrected chi connectivity index (χ3v) is 3.72. The fourth-order valence-corrected chi connectivity index (χ4v) is 2.45. The van der Waals surface area contributed by atoms with E-state index in [1.54, 1.807) is 12.4 Å². The van der Waals surface area contributed by atoms with Gasteiger partial charge in [0.15, 0.2) is 0 Å². The number of fused-ring (bicyclic) bond motifs is 1. The zero-order chi connectivity index (χ0) is 11.9. The first kappa shape index (κ1) is 10.2. The number of aromatic nitrogens is 2. The summed E-state index contributed by atoms with van der Waals surface area (Å²) >= 11 is 0. The molecule has 0 bridgehead atoms. The van der Waals surface area contributed by atoms with Crippen LogP contribution >= 0.6 is 0 Å². The topological polar surface area (TPSA) is 63.1 Å². The van der Waals surface area contributed by atoms with Crippen LogP contribution in [0, 0.1) is 0 Å². The Hall–Kier alpha value is -1.97. The number of nitrogens with zero attached hydrogens (tertiary/aromatic N) is 2. The van der Waals surface area contributed by atoms with E-state index in [2.05, 4.69) is 10.2 Å². The zero-order valence-electron chi connectivity index (χ0n) is 9.26. The Morgan fingerprint density at radius 2 is 1.88 bits per heavy atom. The van der Waals surface area contributed by atoms with Gasteiger partial charge in [-0.15, -0.1) is 0 Å². The summed E-state index contributed by atoms with van der Waals surface area (Å²) in [7, 11) is 0. The normalized spacial score (nSPS) is 17.6. The molecule has 1 aliphatic rings. The first-order valence-corrected chi connectivity index (χ1v) is 5.67. The van der Waals surface area contributed by atoms with Crippen LogP contribution in [0.2, 0.25) is 0 Å². The molecule has 0 atom stereocenters. The fourth-order valence-electron chi connectivity index (χ4n) is 2.45. The molecule has 0 amide bonds. The van der Waals surface area contributed by atoms with Crippen molar-refractivity contribution in [3.63, 3.8) is 0 Å². The Bertz CT molecular complexity index is 591. The Morgan fingerprint density at radius 3 is 2.47 bits per heavy atom. The monoisotopic (exact) mass is 228 g/mol. The minimum Gasteiger partial charge on any atom is -0.481 e. The quantitative estimate of drug-likeness (QED) is 0.855. The third-order valence-electron chi connectivity index (χ3n) is 3.72. The molecule has 86 valence electrons. The van der Waals surface area contributed by atoms with Crippen LogP contribution in [0.15, 0.2) is 30.6 Å². The summed E-state index contributed by atoms with van der Waals surface area (Å²) in [6.45, 7) is 0. The molecule has 0 aliphatic heterocycles. The van der Waals surface area contributed by atoms with Crippen LogP contribution in [-0.4, -0.2) is 21.3 Å². The molecule has 1 fully saturated rings. The van der Waals surface area contributed by atoms with E-state index in [9.17, 15) is 9.90 Å². The van der Waals surface area contributed by atoms with Gasteiger partial charge in [0.2, 0.25) is 0 Å². The van der Waals surface area contributed by atoms with E-state index in [0.29, 0.717) is 0 Å². The van der Waals surface area contributed by atoms with E-state index in [4.69, 9.17) is 0 Å². The van der Waals surface area contributed by atoms with Crippen LogP contribution in [0.25, 0.3) is 10.8 Å². The Kier molecular flexibility index (Phi) is 2.11. The van der Waals surface area contributed by atoms with Gasteiger partial charge < -0.3 is 5.11 Å². The lowest BCUT2D eigenvalue weighted by molar-refractivity contribution is -0.147. The van der Waals surface area contributed by atoms with Crippen molar-refractivity contribution in [2.24, 2.45) is 0 Å². The molecule has 1 aromatic carbocycles. The summed E-state index contributed by atoms with van der Waals surface area (Å²) < 4.78 is 0. The predicted molar refractivity (Wildman–Crippen MR) is 62.7 cm³/mol. The molecule has 1 N–H and O–H groups in total. The smallest absolute Gasteiger partial charge is 0.314 e. The molecule has 17 heavy (non-hydrogen) atoms. The van der Waals surface area contributed by atoms with Crippen LogP contribution in [-0.2, 0) is 10.2 Å². The third kappa shape index (κ3) is 1.40. The molecule has 0 spiro atoms. The largest absolute Gasteiger partial charge is 0.481 e.